The van der Waals surface area contributed by atoms with Crippen LogP contribution < -0.4 is 15.5 Å². The Morgan fingerprint density at radius 2 is 1.59 bits per heavy atom. The maximum Gasteiger partial charge on any atom is 0.362 e. The molecule has 0 saturated carbocycles. The lowest BCUT2D eigenvalue weighted by molar-refractivity contribution is -0.117. The van der Waals surface area contributed by atoms with Crippen LogP contribution in [-0.4, -0.2) is 50.7 Å². The van der Waals surface area contributed by atoms with E-state index in [1.165, 1.54) is 12.3 Å². The van der Waals surface area contributed by atoms with Crippen LogP contribution in [-0.2, 0) is 16.3 Å². The fraction of sp³-hybridized carbons (Fsp3) is 0.188. The number of tetrazole rings is 1. The van der Waals surface area contributed by atoms with Crippen molar-refractivity contribution in [3.63, 3.8) is 0 Å². The number of piperazine rings is 1. The molecular weight excluding hydrogens is 604 g/mol. The van der Waals surface area contributed by atoms with Gasteiger partial charge in [0.2, 0.25) is 5.91 Å². The summed E-state index contributed by atoms with van der Waals surface area (Å²) >= 11 is 0. The summed E-state index contributed by atoms with van der Waals surface area (Å²) in [6, 6.07) is 20.6. The highest BCUT2D eigenvalue weighted by Gasteiger charge is 2.58. The lowest BCUT2D eigenvalue weighted by Crippen LogP contribution is -2.52. The summed E-state index contributed by atoms with van der Waals surface area (Å²) in [5, 5.41) is 17.7. The first-order valence-electron chi connectivity index (χ1n) is 14.0. The van der Waals surface area contributed by atoms with E-state index in [9.17, 15) is 18.4 Å². The molecule has 6 rings (SSSR count). The van der Waals surface area contributed by atoms with Crippen LogP contribution in [0.1, 0.15) is 23.7 Å². The molecule has 2 aromatic heterocycles. The van der Waals surface area contributed by atoms with Gasteiger partial charge in [-0.1, -0.05) is 24.3 Å². The van der Waals surface area contributed by atoms with Crippen molar-refractivity contribution in [1.29, 1.82) is 5.26 Å². The van der Waals surface area contributed by atoms with Crippen molar-refractivity contribution < 1.29 is 22.4 Å². The summed E-state index contributed by atoms with van der Waals surface area (Å²) in [5.74, 6) is -6.43. The Kier molecular flexibility index (Phi) is 7.60. The zero-order chi connectivity index (χ0) is 32.6. The van der Waals surface area contributed by atoms with Gasteiger partial charge in [0, 0.05) is 47.9 Å². The highest BCUT2D eigenvalue weighted by atomic mass is 19.3. The van der Waals surface area contributed by atoms with Gasteiger partial charge in [0.05, 0.1) is 18.2 Å². The van der Waals surface area contributed by atoms with Crippen LogP contribution in [0.3, 0.4) is 0 Å². The minimum atomic E-state index is -4.03. The van der Waals surface area contributed by atoms with Crippen molar-refractivity contribution in [2.45, 2.75) is 18.4 Å². The Balaban J connectivity index is 1.22. The molecule has 1 N–H and O–H groups in total. The number of hydrogen-bond donors (Lipinski definition) is 1. The van der Waals surface area contributed by atoms with Gasteiger partial charge in [0.25, 0.3) is 0 Å². The Morgan fingerprint density at radius 1 is 0.891 bits per heavy atom. The second-order valence-corrected chi connectivity index (χ2v) is 10.8. The molecule has 46 heavy (non-hydrogen) atoms. The number of benzene rings is 3. The first-order valence-corrected chi connectivity index (χ1v) is 14.0. The van der Waals surface area contributed by atoms with Gasteiger partial charge in [-0.05, 0) is 71.4 Å². The van der Waals surface area contributed by atoms with Crippen LogP contribution in [0.25, 0.3) is 11.1 Å². The highest BCUT2D eigenvalue weighted by molar-refractivity contribution is 5.98. The van der Waals surface area contributed by atoms with Crippen LogP contribution in [0.15, 0.2) is 89.9 Å². The van der Waals surface area contributed by atoms with Crippen LogP contribution in [0.4, 0.5) is 28.9 Å². The number of nitrogens with zero attached hydrogens (tertiary/aromatic N) is 7. The number of carbonyl (C=O) groups is 1. The molecule has 1 amide bonds. The van der Waals surface area contributed by atoms with Gasteiger partial charge in [-0.2, -0.15) is 18.7 Å². The second kappa shape index (κ2) is 11.6. The quantitative estimate of drug-likeness (QED) is 0.262. The molecule has 1 aliphatic heterocycles. The third kappa shape index (κ3) is 5.15. The zero-order valence-electron chi connectivity index (χ0n) is 24.2. The molecule has 0 spiro atoms. The van der Waals surface area contributed by atoms with E-state index >= 15 is 8.78 Å². The number of nitriles is 1. The minimum Gasteiger partial charge on any atom is -0.360 e. The van der Waals surface area contributed by atoms with Gasteiger partial charge in [-0.3, -0.25) is 9.78 Å². The fourth-order valence-corrected chi connectivity index (χ4v) is 5.54. The van der Waals surface area contributed by atoms with Crippen LogP contribution in [0, 0.1) is 23.0 Å². The Labute approximate surface area is 259 Å². The standard InChI is InChI=1S/C32H24F4N8O2/c1-31(44-30(46)39-40-41-44,26-12-7-23(33)16-27(26)34)32(35,36)28-13-6-22(18-38-28)21-4-10-25(11-5-21)43-15-14-42(19-29(43)45)24-8-2-20(17-37)3-9-24/h2-13,16,18H,14-15,19H2,1H3,(H,39,41,46)/t31-/m1/s1. The lowest BCUT2D eigenvalue weighted by Gasteiger charge is -2.36. The van der Waals surface area contributed by atoms with Gasteiger partial charge in [-0.25, -0.2) is 18.7 Å². The summed E-state index contributed by atoms with van der Waals surface area (Å²) in [7, 11) is 0. The molecule has 232 valence electrons. The van der Waals surface area contributed by atoms with E-state index < -0.39 is 40.0 Å². The maximum atomic E-state index is 16.3. The van der Waals surface area contributed by atoms with Crippen LogP contribution in [0.2, 0.25) is 0 Å². The SMILES string of the molecule is C[C@](c1ccc(F)cc1F)(n1nn[nH]c1=O)C(F)(F)c1ccc(-c2ccc(N3CCN(c4ccc(C#N)cc4)CC3=O)cc2)cn1. The second-order valence-electron chi connectivity index (χ2n) is 10.8. The Bertz CT molecular complexity index is 2000. The van der Waals surface area contributed by atoms with Gasteiger partial charge < -0.3 is 9.80 Å². The van der Waals surface area contributed by atoms with Gasteiger partial charge in [-0.15, -0.1) is 0 Å². The largest absolute Gasteiger partial charge is 0.362 e. The number of alkyl halides is 2. The van der Waals surface area contributed by atoms with Crippen molar-refractivity contribution in [3.05, 3.63) is 124 Å². The van der Waals surface area contributed by atoms with E-state index in [4.69, 9.17) is 5.26 Å². The molecule has 0 bridgehead atoms. The Morgan fingerprint density at radius 3 is 2.17 bits per heavy atom. The number of nitrogens with one attached hydrogen (secondary N) is 1. The Hall–Kier alpha value is -5.84. The summed E-state index contributed by atoms with van der Waals surface area (Å²) in [4.78, 5) is 33.0. The molecule has 10 nitrogen and oxygen atoms in total. The van der Waals surface area contributed by atoms with E-state index in [2.05, 4.69) is 21.5 Å². The van der Waals surface area contributed by atoms with E-state index in [1.807, 2.05) is 10.00 Å². The summed E-state index contributed by atoms with van der Waals surface area (Å²) in [6.07, 6.45) is 1.22. The summed E-state index contributed by atoms with van der Waals surface area (Å²) < 4.78 is 61.5. The highest BCUT2D eigenvalue weighted by Crippen LogP contribution is 2.47. The normalized spacial score (nSPS) is 15.0. The fourth-order valence-electron chi connectivity index (χ4n) is 5.54. The van der Waals surface area contributed by atoms with E-state index in [0.717, 1.165) is 30.8 Å². The molecule has 0 aliphatic carbocycles. The maximum absolute atomic E-state index is 16.3. The molecule has 1 fully saturated rings. The average molecular weight is 629 g/mol. The third-order valence-electron chi connectivity index (χ3n) is 8.14. The number of anilines is 2. The van der Waals surface area contributed by atoms with E-state index in [1.54, 1.807) is 53.4 Å². The number of carbonyl (C=O) groups excluding carboxylic acids is 1. The van der Waals surface area contributed by atoms with E-state index in [0.29, 0.717) is 46.2 Å². The molecule has 5 aromatic rings. The number of aromatic nitrogens is 5. The third-order valence-corrected chi connectivity index (χ3v) is 8.14. The number of hydrogen-bond acceptors (Lipinski definition) is 7. The molecule has 1 atom stereocenters. The van der Waals surface area contributed by atoms with Crippen molar-refractivity contribution >= 4 is 17.3 Å². The summed E-state index contributed by atoms with van der Waals surface area (Å²) in [5.41, 5.74) is -2.22. The smallest absolute Gasteiger partial charge is 0.360 e. The van der Waals surface area contributed by atoms with Crippen molar-refractivity contribution in [2.75, 3.05) is 29.4 Å². The molecule has 3 aromatic carbocycles. The average Bonchev–Trinajstić information content (AvgIpc) is 3.50. The molecule has 3 heterocycles. The lowest BCUT2D eigenvalue weighted by atomic mass is 9.83. The molecule has 1 aliphatic rings. The number of amides is 1. The van der Waals surface area contributed by atoms with Crippen LogP contribution >= 0.6 is 0 Å². The van der Waals surface area contributed by atoms with Crippen LogP contribution in [0.5, 0.6) is 0 Å². The first kappa shape index (κ1) is 30.2. The predicted molar refractivity (Wildman–Crippen MR) is 159 cm³/mol. The predicted octanol–water partition coefficient (Wildman–Crippen LogP) is 4.59. The van der Waals surface area contributed by atoms with Gasteiger partial charge >= 0.3 is 11.6 Å². The number of aromatic amines is 1. The molecule has 0 unspecified atom stereocenters. The van der Waals surface area contributed by atoms with Gasteiger partial charge in [0.15, 0.2) is 5.54 Å². The minimum absolute atomic E-state index is 0.108. The topological polar surface area (TPSA) is 124 Å². The number of H-pyrrole nitrogens is 1. The molecular formula is C32H24F4N8O2. The van der Waals surface area contributed by atoms with E-state index in [-0.39, 0.29) is 12.5 Å². The number of rotatable bonds is 7. The number of halogens is 4. The van der Waals surface area contributed by atoms with Crippen molar-refractivity contribution in [1.82, 2.24) is 25.2 Å². The molecule has 0 radical (unpaired) electrons. The molecule has 14 heteroatoms. The van der Waals surface area contributed by atoms with Gasteiger partial charge in [0.1, 0.15) is 17.3 Å². The zero-order valence-corrected chi connectivity index (χ0v) is 24.2. The molecule has 1 saturated heterocycles. The number of pyridine rings is 1. The summed E-state index contributed by atoms with van der Waals surface area (Å²) in [6.45, 7) is 2.08. The monoisotopic (exact) mass is 628 g/mol. The van der Waals surface area contributed by atoms with Crippen molar-refractivity contribution in [2.24, 2.45) is 0 Å². The first-order chi connectivity index (χ1) is 22.0. The van der Waals surface area contributed by atoms with Crippen molar-refractivity contribution in [3.8, 4) is 17.2 Å².